The Labute approximate surface area is 106 Å². The molecule has 1 aromatic rings. The summed E-state index contributed by atoms with van der Waals surface area (Å²) in [6, 6.07) is 3.79. The molecule has 0 aliphatic heterocycles. The molecule has 106 valence electrons. The number of aliphatic hydroxyl groups excluding tert-OH is 1. The highest BCUT2D eigenvalue weighted by molar-refractivity contribution is 5.77. The van der Waals surface area contributed by atoms with E-state index in [0.29, 0.717) is 0 Å². The van der Waals surface area contributed by atoms with Crippen LogP contribution in [-0.2, 0) is 10.2 Å². The molecule has 0 radical (unpaired) electrons. The topological polar surface area (TPSA) is 57.5 Å². The van der Waals surface area contributed by atoms with Crippen LogP contribution >= 0.6 is 0 Å². The number of aliphatic hydroxyl groups is 1. The second kappa shape index (κ2) is 5.16. The standard InChI is InChI=1S/C11H8F4O2.CH4O/c12-7-3-1-6(2-4-7)10(11(13,14)15)5-8(10)9(16)17;1-2/h1-4,8H,5H2,(H,16,17);2H,1H3. The Morgan fingerprint density at radius 3 is 2.05 bits per heavy atom. The minimum atomic E-state index is -4.64. The van der Waals surface area contributed by atoms with Crippen LogP contribution in [0.5, 0.6) is 0 Å². The average Bonchev–Trinajstić information content (AvgIpc) is 3.09. The van der Waals surface area contributed by atoms with E-state index in [1.807, 2.05) is 0 Å². The number of carboxylic acids is 1. The predicted molar refractivity (Wildman–Crippen MR) is 58.0 cm³/mol. The molecule has 0 aromatic heterocycles. The molecule has 2 N–H and O–H groups in total. The van der Waals surface area contributed by atoms with E-state index in [4.69, 9.17) is 10.2 Å². The number of aliphatic carboxylic acids is 1. The van der Waals surface area contributed by atoms with Gasteiger partial charge in [-0.05, 0) is 24.1 Å². The molecule has 0 saturated heterocycles. The van der Waals surface area contributed by atoms with E-state index in [0.717, 1.165) is 31.4 Å². The van der Waals surface area contributed by atoms with Crippen LogP contribution in [0.2, 0.25) is 0 Å². The van der Waals surface area contributed by atoms with E-state index in [1.54, 1.807) is 0 Å². The van der Waals surface area contributed by atoms with Crippen molar-refractivity contribution in [2.24, 2.45) is 5.92 Å². The van der Waals surface area contributed by atoms with Crippen LogP contribution in [0.3, 0.4) is 0 Å². The minimum absolute atomic E-state index is 0.196. The van der Waals surface area contributed by atoms with Crippen molar-refractivity contribution in [3.8, 4) is 0 Å². The summed E-state index contributed by atoms with van der Waals surface area (Å²) in [7, 11) is 1.00. The third kappa shape index (κ3) is 2.56. The van der Waals surface area contributed by atoms with Gasteiger partial charge in [0.05, 0.1) is 5.92 Å². The molecule has 0 spiro atoms. The van der Waals surface area contributed by atoms with E-state index < -0.39 is 35.7 Å². The number of rotatable bonds is 2. The number of carboxylic acid groups (broad SMARTS) is 1. The van der Waals surface area contributed by atoms with Crippen molar-refractivity contribution in [3.05, 3.63) is 35.6 Å². The highest BCUT2D eigenvalue weighted by Crippen LogP contribution is 2.63. The van der Waals surface area contributed by atoms with Crippen LogP contribution in [0.15, 0.2) is 24.3 Å². The van der Waals surface area contributed by atoms with Crippen molar-refractivity contribution in [1.82, 2.24) is 0 Å². The van der Waals surface area contributed by atoms with Gasteiger partial charge in [0.15, 0.2) is 0 Å². The van der Waals surface area contributed by atoms with E-state index in [-0.39, 0.29) is 5.56 Å². The van der Waals surface area contributed by atoms with Gasteiger partial charge in [-0.1, -0.05) is 12.1 Å². The maximum absolute atomic E-state index is 12.9. The monoisotopic (exact) mass is 280 g/mol. The first-order valence-electron chi connectivity index (χ1n) is 5.29. The maximum Gasteiger partial charge on any atom is 0.399 e. The Hall–Kier alpha value is -1.63. The van der Waals surface area contributed by atoms with Crippen molar-refractivity contribution in [2.45, 2.75) is 18.0 Å². The van der Waals surface area contributed by atoms with Crippen LogP contribution in [0.4, 0.5) is 17.6 Å². The van der Waals surface area contributed by atoms with Gasteiger partial charge in [-0.3, -0.25) is 4.79 Å². The van der Waals surface area contributed by atoms with Crippen molar-refractivity contribution in [2.75, 3.05) is 7.11 Å². The molecule has 1 aliphatic rings. The van der Waals surface area contributed by atoms with Crippen LogP contribution in [0.1, 0.15) is 12.0 Å². The molecule has 1 aliphatic carbocycles. The zero-order chi connectivity index (χ0) is 14.8. The molecule has 1 saturated carbocycles. The van der Waals surface area contributed by atoms with Gasteiger partial charge < -0.3 is 10.2 Å². The minimum Gasteiger partial charge on any atom is -0.481 e. The van der Waals surface area contributed by atoms with E-state index >= 15 is 0 Å². The molecule has 1 aromatic carbocycles. The largest absolute Gasteiger partial charge is 0.481 e. The Morgan fingerprint density at radius 2 is 1.74 bits per heavy atom. The summed E-state index contributed by atoms with van der Waals surface area (Å²) in [5, 5.41) is 15.7. The molecule has 1 fully saturated rings. The summed E-state index contributed by atoms with van der Waals surface area (Å²) in [6.45, 7) is 0. The van der Waals surface area contributed by atoms with Gasteiger partial charge in [-0.15, -0.1) is 0 Å². The first kappa shape index (κ1) is 15.4. The molecule has 0 heterocycles. The van der Waals surface area contributed by atoms with E-state index in [2.05, 4.69) is 0 Å². The van der Waals surface area contributed by atoms with Gasteiger partial charge in [-0.25, -0.2) is 4.39 Å². The summed E-state index contributed by atoms with van der Waals surface area (Å²) in [4.78, 5) is 10.7. The molecular formula is C12H12F4O3. The quantitative estimate of drug-likeness (QED) is 0.817. The molecule has 7 heteroatoms. The Bertz CT molecular complexity index is 455. The van der Waals surface area contributed by atoms with Gasteiger partial charge in [0.25, 0.3) is 0 Å². The van der Waals surface area contributed by atoms with Gasteiger partial charge in [-0.2, -0.15) is 13.2 Å². The van der Waals surface area contributed by atoms with Gasteiger partial charge in [0.2, 0.25) is 0 Å². The number of halogens is 4. The summed E-state index contributed by atoms with van der Waals surface area (Å²) < 4.78 is 51.5. The molecule has 2 rings (SSSR count). The zero-order valence-corrected chi connectivity index (χ0v) is 9.91. The first-order valence-corrected chi connectivity index (χ1v) is 5.29. The number of carbonyl (C=O) groups is 1. The summed E-state index contributed by atoms with van der Waals surface area (Å²) in [6.07, 6.45) is -5.13. The maximum atomic E-state index is 12.9. The molecule has 3 nitrogen and oxygen atoms in total. The molecule has 0 bridgehead atoms. The van der Waals surface area contributed by atoms with Gasteiger partial charge in [0.1, 0.15) is 11.2 Å². The third-order valence-corrected chi connectivity index (χ3v) is 3.12. The molecular weight excluding hydrogens is 268 g/mol. The second-order valence-corrected chi connectivity index (χ2v) is 4.07. The predicted octanol–water partition coefficient (Wildman–Crippen LogP) is 2.34. The lowest BCUT2D eigenvalue weighted by molar-refractivity contribution is -0.170. The van der Waals surface area contributed by atoms with Crippen molar-refractivity contribution >= 4 is 5.97 Å². The molecule has 0 amide bonds. The van der Waals surface area contributed by atoms with E-state index in [1.165, 1.54) is 0 Å². The fraction of sp³-hybridized carbons (Fsp3) is 0.417. The highest BCUT2D eigenvalue weighted by atomic mass is 19.4. The fourth-order valence-electron chi connectivity index (χ4n) is 2.10. The molecule has 2 unspecified atom stereocenters. The first-order chi connectivity index (χ1) is 8.79. The van der Waals surface area contributed by atoms with Gasteiger partial charge >= 0.3 is 12.1 Å². The number of alkyl halides is 3. The van der Waals surface area contributed by atoms with Crippen LogP contribution < -0.4 is 0 Å². The summed E-state index contributed by atoms with van der Waals surface area (Å²) in [5.41, 5.74) is -2.55. The fourth-order valence-corrected chi connectivity index (χ4v) is 2.10. The average molecular weight is 280 g/mol. The van der Waals surface area contributed by atoms with Crippen LogP contribution in [-0.4, -0.2) is 29.5 Å². The zero-order valence-electron chi connectivity index (χ0n) is 9.91. The lowest BCUT2D eigenvalue weighted by atomic mass is 9.92. The van der Waals surface area contributed by atoms with Crippen molar-refractivity contribution < 1.29 is 32.6 Å². The van der Waals surface area contributed by atoms with Gasteiger partial charge in [0, 0.05) is 7.11 Å². The Kier molecular flexibility index (Phi) is 4.19. The van der Waals surface area contributed by atoms with Crippen molar-refractivity contribution in [1.29, 1.82) is 0 Å². The molecule has 2 atom stereocenters. The summed E-state index contributed by atoms with van der Waals surface area (Å²) in [5.74, 6) is -3.61. The number of hydrogen-bond acceptors (Lipinski definition) is 2. The van der Waals surface area contributed by atoms with Crippen LogP contribution in [0.25, 0.3) is 0 Å². The third-order valence-electron chi connectivity index (χ3n) is 3.12. The van der Waals surface area contributed by atoms with Crippen LogP contribution in [0, 0.1) is 11.7 Å². The SMILES string of the molecule is CO.O=C(O)C1CC1(c1ccc(F)cc1)C(F)(F)F. The van der Waals surface area contributed by atoms with E-state index in [9.17, 15) is 22.4 Å². The number of benzene rings is 1. The lowest BCUT2D eigenvalue weighted by Gasteiger charge is -2.20. The normalized spacial score (nSPS) is 25.3. The smallest absolute Gasteiger partial charge is 0.399 e. The second-order valence-electron chi connectivity index (χ2n) is 4.07. The summed E-state index contributed by atoms with van der Waals surface area (Å²) >= 11 is 0. The Balaban J connectivity index is 0.000000861. The Morgan fingerprint density at radius 1 is 1.26 bits per heavy atom. The lowest BCUT2D eigenvalue weighted by Crippen LogP contribution is -2.32. The highest BCUT2D eigenvalue weighted by Gasteiger charge is 2.74. The van der Waals surface area contributed by atoms with Crippen molar-refractivity contribution in [3.63, 3.8) is 0 Å². The molecule has 19 heavy (non-hydrogen) atoms. The number of hydrogen-bond donors (Lipinski definition) is 2.